The summed E-state index contributed by atoms with van der Waals surface area (Å²) < 4.78 is 38.9. The molecule has 0 amide bonds. The van der Waals surface area contributed by atoms with Gasteiger partial charge >= 0.3 is 19.5 Å². The Kier molecular flexibility index (Phi) is 19.6. The molecule has 0 saturated heterocycles. The second kappa shape index (κ2) is 27.5. The number of benzene rings is 5. The Balaban J connectivity index is 0.00000810. The number of nitro benzene ring substituents is 1. The molecule has 0 atom stereocenters. The Hall–Kier alpha value is -8.16. The summed E-state index contributed by atoms with van der Waals surface area (Å²) in [6.45, 7) is 15.7. The number of rotatable bonds is 25. The average molecular weight is 1160 g/mol. The first-order chi connectivity index (χ1) is 39.7. The van der Waals surface area contributed by atoms with E-state index in [2.05, 4.69) is 53.4 Å². The summed E-state index contributed by atoms with van der Waals surface area (Å²) in [5.41, 5.74) is 5.32. The summed E-state index contributed by atoms with van der Waals surface area (Å²) in [5, 5.41) is 14.1. The molecule has 418 valence electrons. The van der Waals surface area contributed by atoms with Crippen molar-refractivity contribution in [3.63, 3.8) is 0 Å². The minimum atomic E-state index is -0.433. The standard InChI is InChI=1S/C64H67N9O8.Zn/c1-7-13-27-76-51-34-45-46(35-52(51)77-28-14-8-2)61-68-59(45)66-57-43-26-23-41(20-19-40-21-24-42(25-22-40)73(74)75)33-44(43)58(65-57)67-60-47-36-53(78-29-15-9-3)54(79-30-16-10-4)37-48(47)62(69-60)71-64-50-39-56(81-32-18-12-6)55(80-31-17-11-5)38-49(50)63(70-61)72-64;/h21-26,33-39H,7-18,27-32H2,1-6H3;/q-2;+2. The van der Waals surface area contributed by atoms with Crippen LogP contribution in [0.3, 0.4) is 0 Å². The quantitative estimate of drug-likeness (QED) is 0.0172. The Morgan fingerprint density at radius 3 is 1.01 bits per heavy atom. The fourth-order valence-electron chi connectivity index (χ4n) is 9.20. The molecule has 0 spiro atoms. The van der Waals surface area contributed by atoms with E-state index < -0.39 is 4.92 Å². The second-order valence-electron chi connectivity index (χ2n) is 20.0. The Labute approximate surface area is 490 Å². The van der Waals surface area contributed by atoms with Gasteiger partial charge in [-0.3, -0.25) is 10.1 Å². The smallest absolute Gasteiger partial charge is 0.490 e. The van der Waals surface area contributed by atoms with Crippen LogP contribution in [0.2, 0.25) is 0 Å². The molecule has 18 heteroatoms. The first kappa shape index (κ1) is 58.5. The largest absolute Gasteiger partial charge is 2.00 e. The number of hydrogen-bond donors (Lipinski definition) is 0. The second-order valence-corrected chi connectivity index (χ2v) is 20.0. The van der Waals surface area contributed by atoms with Crippen LogP contribution in [0.1, 0.15) is 130 Å². The number of fused-ring (bicyclic) bond motifs is 20. The number of nitro groups is 1. The molecule has 0 saturated carbocycles. The molecule has 0 unspecified atom stereocenters. The van der Waals surface area contributed by atoms with Gasteiger partial charge < -0.3 is 58.3 Å². The van der Waals surface area contributed by atoms with Gasteiger partial charge in [-0.15, -0.1) is 0 Å². The van der Waals surface area contributed by atoms with E-state index in [1.165, 1.54) is 12.1 Å². The van der Waals surface area contributed by atoms with Crippen molar-refractivity contribution < 1.29 is 52.8 Å². The maximum Gasteiger partial charge on any atom is 2.00 e. The third-order valence-corrected chi connectivity index (χ3v) is 13.9. The molecule has 0 radical (unpaired) electrons. The van der Waals surface area contributed by atoms with Gasteiger partial charge in [0.15, 0.2) is 34.5 Å². The van der Waals surface area contributed by atoms with Gasteiger partial charge in [0.05, 0.1) is 67.9 Å². The van der Waals surface area contributed by atoms with Crippen LogP contribution in [0.4, 0.5) is 5.69 Å². The van der Waals surface area contributed by atoms with Crippen molar-refractivity contribution in [1.82, 2.24) is 39.9 Å². The molecule has 17 nitrogen and oxygen atoms in total. The molecule has 82 heavy (non-hydrogen) atoms. The summed E-state index contributed by atoms with van der Waals surface area (Å²) in [6, 6.07) is 23.5. The normalized spacial score (nSPS) is 11.3. The molecular weight excluding hydrogens is 1090 g/mol. The van der Waals surface area contributed by atoms with Crippen molar-refractivity contribution in [2.75, 3.05) is 39.6 Å². The van der Waals surface area contributed by atoms with E-state index in [1.807, 2.05) is 54.6 Å². The predicted octanol–water partition coefficient (Wildman–Crippen LogP) is 14.5. The fraction of sp³-hybridized carbons (Fsp3) is 0.375. The third kappa shape index (κ3) is 13.1. The summed E-state index contributed by atoms with van der Waals surface area (Å²) >= 11 is 0. The van der Waals surface area contributed by atoms with Crippen LogP contribution in [-0.2, 0) is 19.5 Å². The minimum Gasteiger partial charge on any atom is -0.490 e. The van der Waals surface area contributed by atoms with Crippen LogP contribution in [0.15, 0.2) is 78.9 Å². The summed E-state index contributed by atoms with van der Waals surface area (Å²) in [5.74, 6) is 11.2. The first-order valence-corrected chi connectivity index (χ1v) is 28.6. The number of unbranched alkanes of at least 4 members (excludes halogenated alkanes) is 6. The van der Waals surface area contributed by atoms with Gasteiger partial charge in [-0.25, -0.2) is 9.97 Å². The molecule has 5 heterocycles. The number of ether oxygens (including phenoxy) is 6. The molecule has 0 fully saturated rings. The zero-order valence-electron chi connectivity index (χ0n) is 47.7. The van der Waals surface area contributed by atoms with Gasteiger partial charge in [0.1, 0.15) is 0 Å². The molecule has 0 aliphatic carbocycles. The van der Waals surface area contributed by atoms with Crippen LogP contribution in [0.5, 0.6) is 34.5 Å². The van der Waals surface area contributed by atoms with Gasteiger partial charge in [-0.05, 0) is 121 Å². The third-order valence-electron chi connectivity index (χ3n) is 13.9. The molecule has 2 aliphatic heterocycles. The molecule has 8 aromatic rings. The van der Waals surface area contributed by atoms with E-state index >= 15 is 0 Å². The number of hydrogen-bond acceptors (Lipinski definition) is 14. The van der Waals surface area contributed by atoms with Crippen LogP contribution in [0.25, 0.3) is 89.7 Å². The SMILES string of the molecule is CCCCOc1cc2c(cc1OCCCC)-c1nc-2nc2[n-]c(nc3nc(nc4[n-]c(n1)c1cc(OCCCC)c(OCCCC)cc41)-c1cc(OCCCC)c(OCCCC)cc1-3)c1cc(C#Cc3ccc([N+](=O)[O-])cc3)ccc21.[Zn+2]. The van der Waals surface area contributed by atoms with Crippen LogP contribution in [-0.4, -0.2) is 74.5 Å². The van der Waals surface area contributed by atoms with E-state index in [9.17, 15) is 10.1 Å². The van der Waals surface area contributed by atoms with E-state index in [4.69, 9.17) is 68.3 Å². The summed E-state index contributed by atoms with van der Waals surface area (Å²) in [7, 11) is 0. The zero-order chi connectivity index (χ0) is 56.2. The van der Waals surface area contributed by atoms with E-state index in [0.29, 0.717) is 175 Å². The molecule has 8 bridgehead atoms. The van der Waals surface area contributed by atoms with Crippen LogP contribution >= 0.6 is 0 Å². The minimum absolute atomic E-state index is 0. The van der Waals surface area contributed by atoms with Crippen molar-refractivity contribution in [2.45, 2.75) is 119 Å². The van der Waals surface area contributed by atoms with Gasteiger partial charge in [-0.1, -0.05) is 98.0 Å². The predicted molar refractivity (Wildman–Crippen MR) is 315 cm³/mol. The number of nitrogens with zero attached hydrogens (tertiary/aromatic N) is 9. The molecule has 2 aliphatic rings. The van der Waals surface area contributed by atoms with Crippen molar-refractivity contribution >= 4 is 49.8 Å². The zero-order valence-corrected chi connectivity index (χ0v) is 50.7. The first-order valence-electron chi connectivity index (χ1n) is 28.6. The van der Waals surface area contributed by atoms with Crippen LogP contribution in [0, 0.1) is 22.0 Å². The Bertz CT molecular complexity index is 3830. The number of non-ortho nitro benzene ring substituents is 1. The van der Waals surface area contributed by atoms with E-state index in [-0.39, 0.29) is 25.2 Å². The van der Waals surface area contributed by atoms with Crippen molar-refractivity contribution in [2.24, 2.45) is 0 Å². The van der Waals surface area contributed by atoms with E-state index in [1.54, 1.807) is 12.1 Å². The molecular formula is C64H67N9O8Zn. The van der Waals surface area contributed by atoms with Crippen molar-refractivity contribution in [3.05, 3.63) is 100 Å². The van der Waals surface area contributed by atoms with Crippen molar-refractivity contribution in [1.29, 1.82) is 0 Å². The van der Waals surface area contributed by atoms with Crippen molar-refractivity contribution in [3.8, 4) is 91.9 Å². The molecule has 3 aromatic heterocycles. The van der Waals surface area contributed by atoms with Gasteiger partial charge in [0.2, 0.25) is 0 Å². The average Bonchev–Trinajstić information content (AvgIpc) is 3.45. The fourth-order valence-corrected chi connectivity index (χ4v) is 9.20. The Morgan fingerprint density at radius 1 is 0.390 bits per heavy atom. The molecule has 0 N–H and O–H groups in total. The summed E-state index contributed by atoms with van der Waals surface area (Å²) in [4.78, 5) is 53.1. The van der Waals surface area contributed by atoms with Gasteiger partial charge in [-0.2, -0.15) is 0 Å². The maximum atomic E-state index is 11.4. The maximum absolute atomic E-state index is 11.4. The number of aromatic nitrogens is 8. The van der Waals surface area contributed by atoms with Gasteiger partial charge in [0.25, 0.3) is 5.69 Å². The van der Waals surface area contributed by atoms with Gasteiger partial charge in [0, 0.05) is 68.1 Å². The summed E-state index contributed by atoms with van der Waals surface area (Å²) in [6.07, 6.45) is 10.9. The molecule has 5 aromatic carbocycles. The topological polar surface area (TPSA) is 204 Å². The van der Waals surface area contributed by atoms with E-state index in [0.717, 1.165) is 77.0 Å². The monoisotopic (exact) mass is 1150 g/mol. The Morgan fingerprint density at radius 2 is 0.683 bits per heavy atom. The molecule has 10 rings (SSSR count). The van der Waals surface area contributed by atoms with Crippen LogP contribution < -0.4 is 38.4 Å².